The minimum atomic E-state index is -0.709. The van der Waals surface area contributed by atoms with Crippen LogP contribution in [0.3, 0.4) is 0 Å². The minimum absolute atomic E-state index is 0.0219. The number of cyclic esters (lactones) is 1. The molecule has 10 heteroatoms. The monoisotopic (exact) mass is 551 g/mol. The van der Waals surface area contributed by atoms with E-state index in [0.29, 0.717) is 55.4 Å². The second-order valence-corrected chi connectivity index (χ2v) is 9.94. The van der Waals surface area contributed by atoms with Gasteiger partial charge in [-0.2, -0.15) is 0 Å². The number of ketones is 1. The number of ether oxygens (including phenoxy) is 4. The fourth-order valence-corrected chi connectivity index (χ4v) is 4.97. The normalized spacial score (nSPS) is 19.9. The predicted octanol–water partition coefficient (Wildman–Crippen LogP) is 4.19. The van der Waals surface area contributed by atoms with E-state index in [1.165, 1.54) is 7.11 Å². The minimum Gasteiger partial charge on any atom is -0.507 e. The number of aromatic hydroxyl groups is 1. The van der Waals surface area contributed by atoms with Crippen LogP contribution in [0.25, 0.3) is 6.08 Å². The van der Waals surface area contributed by atoms with Gasteiger partial charge in [-0.15, -0.1) is 0 Å². The third kappa shape index (κ3) is 6.62. The summed E-state index contributed by atoms with van der Waals surface area (Å²) in [7, 11) is 1.43. The third-order valence-electron chi connectivity index (χ3n) is 6.94. The van der Waals surface area contributed by atoms with Crippen molar-refractivity contribution in [2.75, 3.05) is 13.7 Å². The average molecular weight is 552 g/mol. The molecule has 0 radical (unpaired) electrons. The summed E-state index contributed by atoms with van der Waals surface area (Å²) >= 11 is 0. The zero-order valence-electron chi connectivity index (χ0n) is 22.6. The number of nitrogens with two attached hydrogens (primary N) is 1. The fraction of sp³-hybridized carbons (Fsp3) is 0.400. The third-order valence-corrected chi connectivity index (χ3v) is 6.94. The Kier molecular flexibility index (Phi) is 9.08. The first kappa shape index (κ1) is 28.7. The number of carbonyl (C=O) groups is 4. The van der Waals surface area contributed by atoms with Crippen molar-refractivity contribution in [2.24, 2.45) is 5.73 Å². The Morgan fingerprint density at radius 1 is 1.12 bits per heavy atom. The summed E-state index contributed by atoms with van der Waals surface area (Å²) in [6.45, 7) is 1.41. The maximum Gasteiger partial charge on any atom is 0.342 e. The molecule has 4 rings (SSSR count). The molecule has 0 aromatic heterocycles. The van der Waals surface area contributed by atoms with Crippen LogP contribution in [-0.2, 0) is 19.1 Å². The van der Waals surface area contributed by atoms with Gasteiger partial charge in [0.15, 0.2) is 18.1 Å². The topological polar surface area (TPSA) is 151 Å². The summed E-state index contributed by atoms with van der Waals surface area (Å²) in [5, 5.41) is 11.5. The molecular formula is C30H33NO9. The van der Waals surface area contributed by atoms with E-state index in [-0.39, 0.29) is 47.2 Å². The van der Waals surface area contributed by atoms with E-state index in [4.69, 9.17) is 24.7 Å². The molecule has 212 valence electrons. The highest BCUT2D eigenvalue weighted by Crippen LogP contribution is 2.48. The van der Waals surface area contributed by atoms with E-state index >= 15 is 0 Å². The Labute approximate surface area is 232 Å². The van der Waals surface area contributed by atoms with Crippen molar-refractivity contribution in [1.29, 1.82) is 0 Å². The van der Waals surface area contributed by atoms with Crippen LogP contribution >= 0.6 is 0 Å². The van der Waals surface area contributed by atoms with Crippen molar-refractivity contribution < 1.29 is 43.2 Å². The molecule has 2 heterocycles. The molecule has 2 aliphatic heterocycles. The van der Waals surface area contributed by atoms with Crippen LogP contribution < -0.4 is 19.9 Å². The van der Waals surface area contributed by atoms with Crippen LogP contribution in [0.15, 0.2) is 30.3 Å². The van der Waals surface area contributed by atoms with Gasteiger partial charge in [0, 0.05) is 24.3 Å². The number of esters is 2. The molecule has 3 N–H and O–H groups in total. The number of phenolic OH excluding ortho intramolecular Hbond substituents is 1. The number of allylic oxidation sites excluding steroid dienone is 1. The fourth-order valence-electron chi connectivity index (χ4n) is 4.97. The Morgan fingerprint density at radius 2 is 1.90 bits per heavy atom. The van der Waals surface area contributed by atoms with Gasteiger partial charge in [0.1, 0.15) is 22.8 Å². The first-order valence-electron chi connectivity index (χ1n) is 13.3. The van der Waals surface area contributed by atoms with Gasteiger partial charge in [-0.3, -0.25) is 14.4 Å². The summed E-state index contributed by atoms with van der Waals surface area (Å²) in [4.78, 5) is 49.3. The Bertz CT molecular complexity index is 1350. The van der Waals surface area contributed by atoms with Gasteiger partial charge >= 0.3 is 11.9 Å². The van der Waals surface area contributed by atoms with E-state index in [0.717, 1.165) is 0 Å². The number of hydrogen-bond acceptors (Lipinski definition) is 9. The zero-order valence-corrected chi connectivity index (χ0v) is 22.6. The number of rotatable bonds is 5. The molecular weight excluding hydrogens is 518 g/mol. The molecule has 40 heavy (non-hydrogen) atoms. The summed E-state index contributed by atoms with van der Waals surface area (Å²) in [5.74, 6) is -1.98. The molecule has 2 atom stereocenters. The summed E-state index contributed by atoms with van der Waals surface area (Å²) in [6, 6.07) is 6.45. The number of methoxy groups -OCH3 is 1. The van der Waals surface area contributed by atoms with Gasteiger partial charge in [0.05, 0.1) is 19.6 Å². The van der Waals surface area contributed by atoms with Crippen molar-refractivity contribution in [1.82, 2.24) is 0 Å². The lowest BCUT2D eigenvalue weighted by atomic mass is 9.83. The number of hydrogen-bond donors (Lipinski definition) is 2. The number of fused-ring (bicyclic) bond motifs is 2. The number of phenols is 1. The van der Waals surface area contributed by atoms with Gasteiger partial charge in [0.2, 0.25) is 0 Å². The van der Waals surface area contributed by atoms with Gasteiger partial charge in [-0.05, 0) is 61.9 Å². The molecule has 1 amide bonds. The highest BCUT2D eigenvalue weighted by atomic mass is 16.5. The summed E-state index contributed by atoms with van der Waals surface area (Å²) in [5.41, 5.74) is 6.37. The molecule has 10 nitrogen and oxygen atoms in total. The van der Waals surface area contributed by atoms with Crippen molar-refractivity contribution in [3.05, 3.63) is 52.6 Å². The number of primary amides is 1. The molecule has 2 aliphatic rings. The maximum atomic E-state index is 13.4. The average Bonchev–Trinajstić information content (AvgIpc) is 2.90. The smallest absolute Gasteiger partial charge is 0.342 e. The largest absolute Gasteiger partial charge is 0.507 e. The van der Waals surface area contributed by atoms with Crippen LogP contribution in [0, 0.1) is 0 Å². The van der Waals surface area contributed by atoms with Crippen molar-refractivity contribution in [2.45, 2.75) is 63.9 Å². The lowest BCUT2D eigenvalue weighted by molar-refractivity contribution is -0.135. The Hall–Kier alpha value is -4.34. The Morgan fingerprint density at radius 3 is 2.65 bits per heavy atom. The number of Topliss-reactive ketones (excluding diaryl/α,β-unsaturated/α-hetero) is 1. The van der Waals surface area contributed by atoms with Crippen LogP contribution in [-0.4, -0.2) is 48.6 Å². The lowest BCUT2D eigenvalue weighted by Gasteiger charge is -2.28. The standard InChI is InChI=1S/C30H33NO9/c1-17-7-6-10-20(32)9-5-3-4-8-19-14-24-28(29(35)27(19)30(36)39-17)21(15-26(34)40-24)18-11-12-22(23(13-18)37-2)38-16-25(31)33/h4,8,11-14,17,21,35H,3,5-7,9-10,15-16H2,1-2H3,(H2,31,33)/t17-,21-/m1/s1. The maximum absolute atomic E-state index is 13.4. The molecule has 0 unspecified atom stereocenters. The number of carbonyl (C=O) groups excluding carboxylic acids is 4. The molecule has 2 aromatic carbocycles. The predicted molar refractivity (Wildman–Crippen MR) is 145 cm³/mol. The van der Waals surface area contributed by atoms with Crippen molar-refractivity contribution >= 4 is 29.7 Å². The molecule has 0 spiro atoms. The number of benzene rings is 2. The van der Waals surface area contributed by atoms with Crippen LogP contribution in [0.2, 0.25) is 0 Å². The molecule has 0 fully saturated rings. The highest BCUT2D eigenvalue weighted by Gasteiger charge is 2.36. The first-order chi connectivity index (χ1) is 19.2. The highest BCUT2D eigenvalue weighted by molar-refractivity contribution is 5.98. The molecule has 0 aliphatic carbocycles. The summed E-state index contributed by atoms with van der Waals surface area (Å²) in [6.07, 6.45) is 6.20. The first-order valence-corrected chi connectivity index (χ1v) is 13.3. The van der Waals surface area contributed by atoms with E-state index in [1.54, 1.807) is 37.3 Å². The van der Waals surface area contributed by atoms with Crippen LogP contribution in [0.1, 0.15) is 84.8 Å². The second kappa shape index (κ2) is 12.7. The molecule has 0 bridgehead atoms. The quantitative estimate of drug-likeness (QED) is 0.412. The van der Waals surface area contributed by atoms with E-state index in [1.807, 2.05) is 6.08 Å². The van der Waals surface area contributed by atoms with E-state index < -0.39 is 29.9 Å². The van der Waals surface area contributed by atoms with E-state index in [2.05, 4.69) is 0 Å². The van der Waals surface area contributed by atoms with Crippen molar-refractivity contribution in [3.63, 3.8) is 0 Å². The van der Waals surface area contributed by atoms with E-state index in [9.17, 15) is 24.3 Å². The molecule has 2 aromatic rings. The second-order valence-electron chi connectivity index (χ2n) is 9.94. The lowest BCUT2D eigenvalue weighted by Crippen LogP contribution is -2.23. The van der Waals surface area contributed by atoms with Gasteiger partial charge < -0.3 is 29.8 Å². The van der Waals surface area contributed by atoms with Gasteiger partial charge in [-0.1, -0.05) is 18.2 Å². The zero-order chi connectivity index (χ0) is 28.8. The Balaban J connectivity index is 1.78. The number of amides is 1. The van der Waals surface area contributed by atoms with Crippen LogP contribution in [0.5, 0.6) is 23.0 Å². The van der Waals surface area contributed by atoms with Gasteiger partial charge in [-0.25, -0.2) is 4.79 Å². The molecule has 0 saturated carbocycles. The summed E-state index contributed by atoms with van der Waals surface area (Å²) < 4.78 is 22.0. The molecule has 0 saturated heterocycles. The van der Waals surface area contributed by atoms with Gasteiger partial charge in [0.25, 0.3) is 5.91 Å². The SMILES string of the molecule is COc1cc([C@H]2CC(=O)Oc3cc4c(c(O)c32)C(=O)O[C@H](C)CCCC(=O)CCCC=C4)ccc1OCC(N)=O. The van der Waals surface area contributed by atoms with Crippen LogP contribution in [0.4, 0.5) is 0 Å². The van der Waals surface area contributed by atoms with Crippen molar-refractivity contribution in [3.8, 4) is 23.0 Å².